The standard InChI is InChI=1S/C9H12N2O2/c1-5(2)8-4-7(6(3)12)9(13)11-10-8/h4-5H,1-3H3,(H,11,13). The van der Waals surface area contributed by atoms with Crippen molar-refractivity contribution < 1.29 is 4.79 Å². The molecule has 0 aliphatic rings. The minimum atomic E-state index is -0.420. The van der Waals surface area contributed by atoms with E-state index in [1.54, 1.807) is 6.07 Å². The summed E-state index contributed by atoms with van der Waals surface area (Å²) in [5.74, 6) is -0.0273. The minimum absolute atomic E-state index is 0.179. The molecule has 0 bridgehead atoms. The normalized spacial score (nSPS) is 10.5. The Morgan fingerprint density at radius 1 is 1.54 bits per heavy atom. The van der Waals surface area contributed by atoms with Crippen molar-refractivity contribution in [2.75, 3.05) is 0 Å². The Bertz CT molecular complexity index is 379. The monoisotopic (exact) mass is 180 g/mol. The summed E-state index contributed by atoms with van der Waals surface area (Å²) in [7, 11) is 0. The van der Waals surface area contributed by atoms with E-state index in [1.165, 1.54) is 6.92 Å². The Balaban J connectivity index is 3.27. The van der Waals surface area contributed by atoms with Gasteiger partial charge in [0.25, 0.3) is 5.56 Å². The third kappa shape index (κ3) is 2.02. The van der Waals surface area contributed by atoms with E-state index in [2.05, 4.69) is 10.2 Å². The van der Waals surface area contributed by atoms with Crippen LogP contribution in [0.2, 0.25) is 0 Å². The molecule has 1 N–H and O–H groups in total. The lowest BCUT2D eigenvalue weighted by Gasteiger charge is -2.03. The van der Waals surface area contributed by atoms with Crippen molar-refractivity contribution in [2.45, 2.75) is 26.7 Å². The molecule has 1 heterocycles. The van der Waals surface area contributed by atoms with Gasteiger partial charge < -0.3 is 0 Å². The zero-order chi connectivity index (χ0) is 10.0. The van der Waals surface area contributed by atoms with Gasteiger partial charge in [0.15, 0.2) is 5.78 Å². The van der Waals surface area contributed by atoms with Gasteiger partial charge in [0.1, 0.15) is 0 Å². The summed E-state index contributed by atoms with van der Waals surface area (Å²) in [5, 5.41) is 6.14. The van der Waals surface area contributed by atoms with Gasteiger partial charge in [-0.25, -0.2) is 5.10 Å². The lowest BCUT2D eigenvalue weighted by atomic mass is 10.1. The number of hydrogen-bond donors (Lipinski definition) is 1. The van der Waals surface area contributed by atoms with E-state index < -0.39 is 5.56 Å². The van der Waals surface area contributed by atoms with Crippen molar-refractivity contribution in [3.63, 3.8) is 0 Å². The first-order valence-electron chi connectivity index (χ1n) is 4.13. The van der Waals surface area contributed by atoms with Gasteiger partial charge in [-0.2, -0.15) is 5.10 Å². The van der Waals surface area contributed by atoms with Crippen LogP contribution < -0.4 is 5.56 Å². The van der Waals surface area contributed by atoms with Crippen LogP contribution in [0.5, 0.6) is 0 Å². The molecule has 4 heteroatoms. The van der Waals surface area contributed by atoms with Crippen molar-refractivity contribution in [1.29, 1.82) is 0 Å². The largest absolute Gasteiger partial charge is 0.294 e. The molecule has 0 aliphatic heterocycles. The molecule has 1 rings (SSSR count). The molecular weight excluding hydrogens is 168 g/mol. The molecule has 4 nitrogen and oxygen atoms in total. The quantitative estimate of drug-likeness (QED) is 0.693. The molecule has 0 radical (unpaired) electrons. The molecule has 0 saturated carbocycles. The third-order valence-electron chi connectivity index (χ3n) is 1.79. The van der Waals surface area contributed by atoms with Crippen LogP contribution in [-0.4, -0.2) is 16.0 Å². The Labute approximate surface area is 76.0 Å². The van der Waals surface area contributed by atoms with Crippen LogP contribution in [-0.2, 0) is 0 Å². The van der Waals surface area contributed by atoms with Crippen LogP contribution in [0.25, 0.3) is 0 Å². The molecule has 0 fully saturated rings. The Morgan fingerprint density at radius 2 is 2.15 bits per heavy atom. The highest BCUT2D eigenvalue weighted by Crippen LogP contribution is 2.09. The van der Waals surface area contributed by atoms with E-state index in [9.17, 15) is 9.59 Å². The molecule has 0 amide bonds. The predicted octanol–water partition coefficient (Wildman–Crippen LogP) is 1.10. The van der Waals surface area contributed by atoms with E-state index in [-0.39, 0.29) is 17.3 Å². The third-order valence-corrected chi connectivity index (χ3v) is 1.79. The maximum absolute atomic E-state index is 11.1. The topological polar surface area (TPSA) is 62.8 Å². The lowest BCUT2D eigenvalue weighted by molar-refractivity contribution is 0.101. The highest BCUT2D eigenvalue weighted by Gasteiger charge is 2.09. The number of carbonyl (C=O) groups is 1. The fourth-order valence-corrected chi connectivity index (χ4v) is 0.979. The van der Waals surface area contributed by atoms with Gasteiger partial charge >= 0.3 is 0 Å². The fourth-order valence-electron chi connectivity index (χ4n) is 0.979. The zero-order valence-electron chi connectivity index (χ0n) is 7.92. The number of aromatic amines is 1. The highest BCUT2D eigenvalue weighted by atomic mass is 16.1. The van der Waals surface area contributed by atoms with Gasteiger partial charge in [-0.15, -0.1) is 0 Å². The van der Waals surface area contributed by atoms with Crippen molar-refractivity contribution in [3.05, 3.63) is 27.7 Å². The average molecular weight is 180 g/mol. The average Bonchev–Trinajstić information content (AvgIpc) is 2.04. The number of Topliss-reactive ketones (excluding diaryl/α,β-unsaturated/α-hetero) is 1. The molecular formula is C9H12N2O2. The molecule has 0 unspecified atom stereocenters. The summed E-state index contributed by atoms with van der Waals surface area (Å²) >= 11 is 0. The Hall–Kier alpha value is -1.45. The van der Waals surface area contributed by atoms with E-state index in [0.29, 0.717) is 0 Å². The number of rotatable bonds is 2. The summed E-state index contributed by atoms with van der Waals surface area (Å²) in [6.45, 7) is 5.27. The molecule has 13 heavy (non-hydrogen) atoms. The molecule has 1 aromatic rings. The van der Waals surface area contributed by atoms with E-state index in [1.807, 2.05) is 13.8 Å². The van der Waals surface area contributed by atoms with Crippen molar-refractivity contribution in [1.82, 2.24) is 10.2 Å². The number of nitrogens with one attached hydrogen (secondary N) is 1. The molecule has 0 aromatic carbocycles. The lowest BCUT2D eigenvalue weighted by Crippen LogP contribution is -2.18. The van der Waals surface area contributed by atoms with Crippen LogP contribution in [0, 0.1) is 0 Å². The van der Waals surface area contributed by atoms with Gasteiger partial charge in [0, 0.05) is 0 Å². The smallest absolute Gasteiger partial charge is 0.275 e. The number of ketones is 1. The maximum Gasteiger partial charge on any atom is 0.275 e. The number of aromatic nitrogens is 2. The van der Waals surface area contributed by atoms with Crippen molar-refractivity contribution >= 4 is 5.78 Å². The molecule has 0 aliphatic carbocycles. The second kappa shape index (κ2) is 3.51. The summed E-state index contributed by atoms with van der Waals surface area (Å²) in [4.78, 5) is 22.1. The minimum Gasteiger partial charge on any atom is -0.294 e. The van der Waals surface area contributed by atoms with Crippen LogP contribution >= 0.6 is 0 Å². The van der Waals surface area contributed by atoms with Crippen molar-refractivity contribution in [3.8, 4) is 0 Å². The van der Waals surface area contributed by atoms with Gasteiger partial charge in [-0.3, -0.25) is 9.59 Å². The molecule has 0 spiro atoms. The number of nitrogens with zero attached hydrogens (tertiary/aromatic N) is 1. The summed E-state index contributed by atoms with van der Waals surface area (Å²) in [5.41, 5.74) is 0.486. The first-order chi connectivity index (χ1) is 6.02. The second-order valence-corrected chi connectivity index (χ2v) is 3.25. The van der Waals surface area contributed by atoms with Gasteiger partial charge in [0.05, 0.1) is 11.3 Å². The first kappa shape index (κ1) is 9.64. The number of hydrogen-bond acceptors (Lipinski definition) is 3. The van der Waals surface area contributed by atoms with Crippen LogP contribution in [0.4, 0.5) is 0 Å². The number of H-pyrrole nitrogens is 1. The van der Waals surface area contributed by atoms with Gasteiger partial charge in [-0.05, 0) is 18.9 Å². The molecule has 0 saturated heterocycles. The Kier molecular flexibility index (Phi) is 2.60. The van der Waals surface area contributed by atoms with E-state index in [4.69, 9.17) is 0 Å². The van der Waals surface area contributed by atoms with E-state index in [0.717, 1.165) is 5.69 Å². The molecule has 1 aromatic heterocycles. The fraction of sp³-hybridized carbons (Fsp3) is 0.444. The zero-order valence-corrected chi connectivity index (χ0v) is 7.92. The molecule has 70 valence electrons. The Morgan fingerprint density at radius 3 is 2.62 bits per heavy atom. The van der Waals surface area contributed by atoms with Crippen LogP contribution in [0.3, 0.4) is 0 Å². The summed E-state index contributed by atoms with van der Waals surface area (Å²) in [6.07, 6.45) is 0. The first-order valence-corrected chi connectivity index (χ1v) is 4.13. The maximum atomic E-state index is 11.1. The number of carbonyl (C=O) groups excluding carboxylic acids is 1. The molecule has 0 atom stereocenters. The van der Waals surface area contributed by atoms with Gasteiger partial charge in [-0.1, -0.05) is 13.8 Å². The van der Waals surface area contributed by atoms with Gasteiger partial charge in [0.2, 0.25) is 0 Å². The van der Waals surface area contributed by atoms with Crippen LogP contribution in [0.15, 0.2) is 10.9 Å². The highest BCUT2D eigenvalue weighted by molar-refractivity contribution is 5.93. The summed E-state index contributed by atoms with van der Waals surface area (Å²) < 4.78 is 0. The van der Waals surface area contributed by atoms with Crippen molar-refractivity contribution in [2.24, 2.45) is 0 Å². The summed E-state index contributed by atoms with van der Waals surface area (Å²) in [6, 6.07) is 1.55. The predicted molar refractivity (Wildman–Crippen MR) is 49.0 cm³/mol. The van der Waals surface area contributed by atoms with E-state index >= 15 is 0 Å². The SMILES string of the molecule is CC(=O)c1cc(C(C)C)n[nH]c1=O. The van der Waals surface area contributed by atoms with Crippen LogP contribution in [0.1, 0.15) is 42.7 Å². The second-order valence-electron chi connectivity index (χ2n) is 3.25.